The minimum Gasteiger partial charge on any atom is -1.00 e. The van der Waals surface area contributed by atoms with Crippen LogP contribution in [0, 0.1) is 0 Å². The topological polar surface area (TPSA) is 57.5 Å². The van der Waals surface area contributed by atoms with E-state index in [1.54, 1.807) is 20.0 Å². The van der Waals surface area contributed by atoms with Crippen LogP contribution in [-0.4, -0.2) is 29.8 Å². The Balaban J connectivity index is 0. The van der Waals surface area contributed by atoms with Gasteiger partial charge in [-0.2, -0.15) is 0 Å². The van der Waals surface area contributed by atoms with E-state index in [4.69, 9.17) is 9.79 Å². The lowest BCUT2D eigenvalue weighted by Crippen LogP contribution is -3.00. The lowest BCUT2D eigenvalue weighted by atomic mass is 11.9. The quantitative estimate of drug-likeness (QED) is 0.472. The highest BCUT2D eigenvalue weighted by Crippen LogP contribution is 2.78. The summed E-state index contributed by atoms with van der Waals surface area (Å²) in [6.45, 7) is 2.92. The third-order valence-corrected chi connectivity index (χ3v) is 7.03. The van der Waals surface area contributed by atoms with Crippen LogP contribution in [0.15, 0.2) is 0 Å². The van der Waals surface area contributed by atoms with Crippen LogP contribution in [-0.2, 0) is 4.57 Å². The van der Waals surface area contributed by atoms with Gasteiger partial charge in [-0.3, -0.25) is 9.79 Å². The lowest BCUT2D eigenvalue weighted by Gasteiger charge is -2.10. The Morgan fingerprint density at radius 2 is 1.33 bits per heavy atom. The predicted octanol–water partition coefficient (Wildman–Crippen LogP) is -2.01. The second-order valence-corrected chi connectivity index (χ2v) is 12.5. The van der Waals surface area contributed by atoms with E-state index in [0.29, 0.717) is 0 Å². The summed E-state index contributed by atoms with van der Waals surface area (Å²) in [7, 11) is -3.74. The summed E-state index contributed by atoms with van der Waals surface area (Å²) < 4.78 is 10.4. The molecule has 0 aromatic carbocycles. The number of hydrogen-bond donors (Lipinski definition) is 2. The zero-order valence-electron chi connectivity index (χ0n) is 5.58. The Morgan fingerprint density at radius 3 is 1.33 bits per heavy atom. The molecule has 0 saturated heterocycles. The highest BCUT2D eigenvalue weighted by Gasteiger charge is 2.40. The van der Waals surface area contributed by atoms with E-state index in [1.165, 1.54) is 0 Å². The fourth-order valence-corrected chi connectivity index (χ4v) is 0. The summed E-state index contributed by atoms with van der Waals surface area (Å²) in [4.78, 5) is 17.0. The highest BCUT2D eigenvalue weighted by molar-refractivity contribution is 8.36. The number of halogens is 1. The van der Waals surface area contributed by atoms with E-state index in [2.05, 4.69) is 0 Å². The van der Waals surface area contributed by atoms with E-state index in [0.717, 1.165) is 0 Å². The van der Waals surface area contributed by atoms with E-state index in [-0.39, 0.29) is 12.4 Å². The van der Waals surface area contributed by atoms with Crippen LogP contribution in [0.25, 0.3) is 0 Å². The summed E-state index contributed by atoms with van der Waals surface area (Å²) in [6, 6.07) is 0. The largest absolute Gasteiger partial charge is 1.00 e. The Hall–Kier alpha value is 0.870. The van der Waals surface area contributed by atoms with Gasteiger partial charge in [-0.15, -0.1) is 0 Å². The van der Waals surface area contributed by atoms with Crippen LogP contribution in [0.2, 0.25) is 0 Å². The third-order valence-electron chi connectivity index (χ3n) is 0.782. The summed E-state index contributed by atoms with van der Waals surface area (Å²) in [6.07, 6.45) is 0. The molecule has 0 aromatic heterocycles. The van der Waals surface area contributed by atoms with Crippen molar-refractivity contribution in [1.29, 1.82) is 0 Å². The molecular formula is C3H11ClO3P2. The molecule has 0 aliphatic heterocycles. The van der Waals surface area contributed by atoms with Crippen molar-refractivity contribution in [3.63, 3.8) is 0 Å². The second-order valence-electron chi connectivity index (χ2n) is 2.45. The molecule has 2 N–H and O–H groups in total. The smallest absolute Gasteiger partial charge is 0.463 e. The van der Waals surface area contributed by atoms with E-state index < -0.39 is 14.2 Å². The maximum absolute atomic E-state index is 10.4. The Bertz CT molecular complexity index is 124. The summed E-state index contributed by atoms with van der Waals surface area (Å²) in [5.41, 5.74) is 0. The van der Waals surface area contributed by atoms with Crippen molar-refractivity contribution in [2.45, 2.75) is 0 Å². The van der Waals surface area contributed by atoms with E-state index >= 15 is 0 Å². The maximum atomic E-state index is 10.4. The Kier molecular flexibility index (Phi) is 4.62. The van der Waals surface area contributed by atoms with Gasteiger partial charge >= 0.3 is 7.28 Å². The minimum atomic E-state index is -3.74. The average molecular weight is 193 g/mol. The molecule has 0 spiro atoms. The molecule has 0 rings (SSSR count). The van der Waals surface area contributed by atoms with Gasteiger partial charge in [0.25, 0.3) is 0 Å². The van der Waals surface area contributed by atoms with Gasteiger partial charge in [-0.05, 0) is 0 Å². The molecule has 0 radical (unpaired) electrons. The van der Waals surface area contributed by atoms with Gasteiger partial charge in [0, 0.05) is 0 Å². The molecule has 6 heteroatoms. The zero-order valence-corrected chi connectivity index (χ0v) is 8.12. The second kappa shape index (κ2) is 3.32. The molecule has 9 heavy (non-hydrogen) atoms. The van der Waals surface area contributed by atoms with E-state index in [9.17, 15) is 4.57 Å². The summed E-state index contributed by atoms with van der Waals surface area (Å²) in [5, 5.41) is 0. The van der Waals surface area contributed by atoms with Gasteiger partial charge in [0.2, 0.25) is 0 Å². The number of rotatable bonds is 1. The van der Waals surface area contributed by atoms with Gasteiger partial charge in [-0.25, -0.2) is 4.57 Å². The Labute approximate surface area is 61.7 Å². The summed E-state index contributed by atoms with van der Waals surface area (Å²) in [5.74, 6) is 0. The van der Waals surface area contributed by atoms with Crippen LogP contribution in [0.3, 0.4) is 0 Å². The molecule has 0 atom stereocenters. The molecule has 0 fully saturated rings. The first-order chi connectivity index (χ1) is 3.25. The third kappa shape index (κ3) is 4.30. The fourth-order valence-electron chi connectivity index (χ4n) is 0. The monoisotopic (exact) mass is 192 g/mol. The lowest BCUT2D eigenvalue weighted by molar-refractivity contribution is -0.00000660. The van der Waals surface area contributed by atoms with Crippen molar-refractivity contribution in [2.24, 2.45) is 0 Å². The van der Waals surface area contributed by atoms with Crippen molar-refractivity contribution in [2.75, 3.05) is 20.0 Å². The SMILES string of the molecule is C[P+](C)(C)P(=O)(O)O.[Cl-]. The molecule has 3 nitrogen and oxygen atoms in total. The van der Waals surface area contributed by atoms with Gasteiger partial charge in [0.05, 0.1) is 20.0 Å². The minimum absolute atomic E-state index is 0. The highest BCUT2D eigenvalue weighted by atomic mass is 35.5. The van der Waals surface area contributed by atoms with Gasteiger partial charge < -0.3 is 12.4 Å². The molecule has 0 aliphatic rings. The van der Waals surface area contributed by atoms with Crippen LogP contribution < -0.4 is 12.4 Å². The van der Waals surface area contributed by atoms with Crippen molar-refractivity contribution in [3.8, 4) is 0 Å². The van der Waals surface area contributed by atoms with Gasteiger partial charge in [0.15, 0.2) is 0 Å². The molecule has 0 heterocycles. The average Bonchev–Trinajstić information content (AvgIpc) is 1.25. The molecule has 0 unspecified atom stereocenters. The molecule has 0 amide bonds. The molecule has 58 valence electrons. The normalized spacial score (nSPS) is 12.6. The molecule has 0 aliphatic carbocycles. The van der Waals surface area contributed by atoms with Crippen LogP contribution >= 0.6 is 14.2 Å². The number of hydrogen-bond acceptors (Lipinski definition) is 1. The predicted molar refractivity (Wildman–Crippen MR) is 36.7 cm³/mol. The first-order valence-electron chi connectivity index (χ1n) is 2.12. The molecule has 0 bridgehead atoms. The standard InChI is InChI=1S/C3H10O3P2.ClH/c1-7(2,3)8(4,5)6;/h1-3H3,(H-,4,5,6);1H. The van der Waals surface area contributed by atoms with Crippen molar-refractivity contribution < 1.29 is 26.8 Å². The maximum Gasteiger partial charge on any atom is 0.463 e. The first-order valence-corrected chi connectivity index (χ1v) is 7.57. The van der Waals surface area contributed by atoms with Gasteiger partial charge in [-0.1, -0.05) is 0 Å². The van der Waals surface area contributed by atoms with Crippen molar-refractivity contribution in [3.05, 3.63) is 0 Å². The first kappa shape index (κ1) is 12.5. The Morgan fingerprint density at radius 1 is 1.22 bits per heavy atom. The van der Waals surface area contributed by atoms with E-state index in [1.807, 2.05) is 0 Å². The van der Waals surface area contributed by atoms with Crippen LogP contribution in [0.5, 0.6) is 0 Å². The molecule has 0 saturated carbocycles. The zero-order chi connectivity index (χ0) is 7.00. The van der Waals surface area contributed by atoms with Gasteiger partial charge in [0.1, 0.15) is 6.95 Å². The molecule has 0 aromatic rings. The van der Waals surface area contributed by atoms with Crippen LogP contribution in [0.4, 0.5) is 0 Å². The van der Waals surface area contributed by atoms with Crippen molar-refractivity contribution >= 4 is 14.2 Å². The van der Waals surface area contributed by atoms with Crippen molar-refractivity contribution in [1.82, 2.24) is 0 Å². The molecular weight excluding hydrogens is 181 g/mol. The fraction of sp³-hybridized carbons (Fsp3) is 1.00. The van der Waals surface area contributed by atoms with Crippen LogP contribution in [0.1, 0.15) is 0 Å². The summed E-state index contributed by atoms with van der Waals surface area (Å²) >= 11 is 0.